The maximum absolute atomic E-state index is 12.4. The van der Waals surface area contributed by atoms with Crippen LogP contribution in [0.4, 0.5) is 0 Å². The van der Waals surface area contributed by atoms with Crippen molar-refractivity contribution in [2.75, 3.05) is 0 Å². The van der Waals surface area contributed by atoms with Gasteiger partial charge in [0, 0.05) is 11.8 Å². The minimum Gasteiger partial charge on any atom is -0.389 e. The van der Waals surface area contributed by atoms with E-state index in [-0.39, 0.29) is 16.9 Å². The predicted octanol–water partition coefficient (Wildman–Crippen LogP) is 3.74. The van der Waals surface area contributed by atoms with Crippen LogP contribution < -0.4 is 0 Å². The maximum atomic E-state index is 12.4. The van der Waals surface area contributed by atoms with Gasteiger partial charge in [0.1, 0.15) is 5.78 Å². The molecule has 0 radical (unpaired) electrons. The Bertz CT molecular complexity index is 496. The summed E-state index contributed by atoms with van der Waals surface area (Å²) in [5.74, 6) is 3.26. The number of Topliss-reactive ketones (excluding diaryl/α,β-unsaturated/α-hetero) is 1. The zero-order chi connectivity index (χ0) is 14.8. The lowest BCUT2D eigenvalue weighted by Crippen LogP contribution is -2.52. The van der Waals surface area contributed by atoms with Crippen LogP contribution in [0.2, 0.25) is 0 Å². The first-order chi connectivity index (χ1) is 9.95. The highest BCUT2D eigenvalue weighted by molar-refractivity contribution is 5.87. The number of aliphatic hydroxyl groups excluding tert-OH is 1. The number of aliphatic hydroxyl groups is 1. The Balaban J connectivity index is 1.68. The fraction of sp³-hybridized carbons (Fsp3) is 0.842. The Morgan fingerprint density at radius 3 is 2.76 bits per heavy atom. The van der Waals surface area contributed by atoms with Gasteiger partial charge >= 0.3 is 0 Å². The van der Waals surface area contributed by atoms with Crippen LogP contribution in [0.3, 0.4) is 0 Å². The molecule has 2 heteroatoms. The van der Waals surface area contributed by atoms with Gasteiger partial charge in [0.05, 0.1) is 6.10 Å². The largest absolute Gasteiger partial charge is 0.389 e. The van der Waals surface area contributed by atoms with Crippen molar-refractivity contribution in [1.82, 2.24) is 0 Å². The molecule has 0 amide bonds. The van der Waals surface area contributed by atoms with E-state index in [1.165, 1.54) is 19.3 Å². The molecule has 2 nitrogen and oxygen atoms in total. The molecule has 0 aromatic carbocycles. The van der Waals surface area contributed by atoms with Crippen molar-refractivity contribution in [1.29, 1.82) is 0 Å². The van der Waals surface area contributed by atoms with E-state index in [9.17, 15) is 9.90 Å². The second-order valence-corrected chi connectivity index (χ2v) is 8.60. The first kappa shape index (κ1) is 14.0. The highest BCUT2D eigenvalue weighted by Crippen LogP contribution is 2.64. The Hall–Kier alpha value is -0.630. The van der Waals surface area contributed by atoms with Crippen molar-refractivity contribution in [2.24, 2.45) is 34.5 Å². The Labute approximate surface area is 128 Å². The van der Waals surface area contributed by atoms with E-state index >= 15 is 0 Å². The smallest absolute Gasteiger partial charge is 0.139 e. The molecule has 0 unspecified atom stereocenters. The van der Waals surface area contributed by atoms with E-state index in [4.69, 9.17) is 0 Å². The van der Waals surface area contributed by atoms with Gasteiger partial charge in [-0.05, 0) is 67.6 Å². The lowest BCUT2D eigenvalue weighted by Gasteiger charge is -2.58. The van der Waals surface area contributed by atoms with Crippen molar-refractivity contribution >= 4 is 5.78 Å². The summed E-state index contributed by atoms with van der Waals surface area (Å²) in [6, 6.07) is 0. The topological polar surface area (TPSA) is 37.3 Å². The minimum absolute atomic E-state index is 0.0116. The average Bonchev–Trinajstić information content (AvgIpc) is 2.76. The SMILES string of the molecule is C[C@]12C=C[C@H](O)C[C@H]1CC[C@@H]1[C@H]2CC[C@]2(C)C(=O)CC[C@H]12. The summed E-state index contributed by atoms with van der Waals surface area (Å²) in [6.45, 7) is 4.68. The van der Waals surface area contributed by atoms with Crippen molar-refractivity contribution in [3.63, 3.8) is 0 Å². The highest BCUT2D eigenvalue weighted by atomic mass is 16.3. The number of hydrogen-bond acceptors (Lipinski definition) is 2. The first-order valence-corrected chi connectivity index (χ1v) is 8.86. The molecule has 0 bridgehead atoms. The summed E-state index contributed by atoms with van der Waals surface area (Å²) in [7, 11) is 0. The summed E-state index contributed by atoms with van der Waals surface area (Å²) in [4.78, 5) is 12.4. The van der Waals surface area contributed by atoms with Crippen LogP contribution in [-0.2, 0) is 4.79 Å². The normalized spacial score (nSPS) is 55.8. The molecule has 21 heavy (non-hydrogen) atoms. The standard InChI is InChI=1S/C19H28O2/c1-18-9-7-13(20)11-12(18)3-4-14-15-5-6-17(21)19(15,2)10-8-16(14)18/h7,9,12-16,20H,3-6,8,10-11H2,1-2H3/t12-,13+,14+,15-,16-,18+,19+/m1/s1. The molecule has 0 aromatic heterocycles. The number of ketones is 1. The van der Waals surface area contributed by atoms with E-state index in [2.05, 4.69) is 19.9 Å². The molecule has 0 saturated heterocycles. The second-order valence-electron chi connectivity index (χ2n) is 8.60. The highest BCUT2D eigenvalue weighted by Gasteiger charge is 2.59. The Kier molecular flexibility index (Phi) is 2.96. The lowest BCUT2D eigenvalue weighted by molar-refractivity contribution is -0.134. The van der Waals surface area contributed by atoms with Gasteiger partial charge in [-0.1, -0.05) is 26.0 Å². The van der Waals surface area contributed by atoms with Crippen LogP contribution >= 0.6 is 0 Å². The average molecular weight is 288 g/mol. The number of allylic oxidation sites excluding steroid dienone is 1. The van der Waals surface area contributed by atoms with Crippen molar-refractivity contribution < 1.29 is 9.90 Å². The molecule has 0 heterocycles. The maximum Gasteiger partial charge on any atom is 0.139 e. The second kappa shape index (κ2) is 4.44. The van der Waals surface area contributed by atoms with Crippen LogP contribution in [0.5, 0.6) is 0 Å². The van der Waals surface area contributed by atoms with Crippen LogP contribution in [0.1, 0.15) is 58.8 Å². The van der Waals surface area contributed by atoms with Crippen LogP contribution in [-0.4, -0.2) is 17.0 Å². The van der Waals surface area contributed by atoms with Gasteiger partial charge in [-0.3, -0.25) is 4.79 Å². The number of hydrogen-bond donors (Lipinski definition) is 1. The number of carbonyl (C=O) groups is 1. The zero-order valence-corrected chi connectivity index (χ0v) is 13.3. The molecule has 7 atom stereocenters. The third kappa shape index (κ3) is 1.78. The molecule has 0 aromatic rings. The van der Waals surface area contributed by atoms with E-state index in [1.54, 1.807) is 0 Å². The van der Waals surface area contributed by atoms with E-state index in [1.807, 2.05) is 6.08 Å². The molecule has 4 aliphatic carbocycles. The number of fused-ring (bicyclic) bond motifs is 5. The predicted molar refractivity (Wildman–Crippen MR) is 82.6 cm³/mol. The minimum atomic E-state index is -0.235. The third-order valence-electron chi connectivity index (χ3n) is 7.88. The van der Waals surface area contributed by atoms with Gasteiger partial charge in [-0.25, -0.2) is 0 Å². The summed E-state index contributed by atoms with van der Waals surface area (Å²) in [5.41, 5.74) is 0.247. The quantitative estimate of drug-likeness (QED) is 0.690. The molecule has 4 aliphatic rings. The van der Waals surface area contributed by atoms with Crippen LogP contribution in [0, 0.1) is 34.5 Å². The van der Waals surface area contributed by atoms with Crippen molar-refractivity contribution in [2.45, 2.75) is 64.9 Å². The van der Waals surface area contributed by atoms with E-state index in [0.717, 1.165) is 37.5 Å². The monoisotopic (exact) mass is 288 g/mol. The third-order valence-corrected chi connectivity index (χ3v) is 7.88. The van der Waals surface area contributed by atoms with Gasteiger partial charge in [0.15, 0.2) is 0 Å². The fourth-order valence-corrected chi connectivity index (χ4v) is 6.56. The van der Waals surface area contributed by atoms with Gasteiger partial charge < -0.3 is 5.11 Å². The molecule has 3 saturated carbocycles. The zero-order valence-electron chi connectivity index (χ0n) is 13.3. The molecule has 3 fully saturated rings. The Morgan fingerprint density at radius 2 is 1.95 bits per heavy atom. The van der Waals surface area contributed by atoms with Gasteiger partial charge in [0.2, 0.25) is 0 Å². The summed E-state index contributed by atoms with van der Waals surface area (Å²) >= 11 is 0. The van der Waals surface area contributed by atoms with Gasteiger partial charge in [-0.2, -0.15) is 0 Å². The van der Waals surface area contributed by atoms with Gasteiger partial charge in [-0.15, -0.1) is 0 Å². The number of rotatable bonds is 0. The summed E-state index contributed by atoms with van der Waals surface area (Å²) in [6.07, 6.45) is 11.8. The Morgan fingerprint density at radius 1 is 1.14 bits per heavy atom. The van der Waals surface area contributed by atoms with Crippen molar-refractivity contribution in [3.05, 3.63) is 12.2 Å². The lowest BCUT2D eigenvalue weighted by atomic mass is 9.46. The van der Waals surface area contributed by atoms with Crippen molar-refractivity contribution in [3.8, 4) is 0 Å². The molecular weight excluding hydrogens is 260 g/mol. The van der Waals surface area contributed by atoms with Gasteiger partial charge in [0.25, 0.3) is 0 Å². The first-order valence-electron chi connectivity index (χ1n) is 8.86. The molecule has 0 spiro atoms. The fourth-order valence-electron chi connectivity index (χ4n) is 6.56. The molecular formula is C19H28O2. The van der Waals surface area contributed by atoms with Crippen LogP contribution in [0.25, 0.3) is 0 Å². The van der Waals surface area contributed by atoms with E-state index in [0.29, 0.717) is 17.6 Å². The summed E-state index contributed by atoms with van der Waals surface area (Å²) < 4.78 is 0. The molecule has 1 N–H and O–H groups in total. The molecule has 4 rings (SSSR count). The molecule has 116 valence electrons. The van der Waals surface area contributed by atoms with E-state index < -0.39 is 0 Å². The summed E-state index contributed by atoms with van der Waals surface area (Å²) in [5, 5.41) is 9.95. The molecule has 0 aliphatic heterocycles. The van der Waals surface area contributed by atoms with Crippen LogP contribution in [0.15, 0.2) is 12.2 Å². The number of carbonyl (C=O) groups excluding carboxylic acids is 1.